The van der Waals surface area contributed by atoms with E-state index in [1.165, 1.54) is 0 Å². The number of alkyl halides is 1. The zero-order chi connectivity index (χ0) is 6.69. The molecule has 0 aromatic carbocycles. The van der Waals surface area contributed by atoms with E-state index in [0.717, 1.165) is 19.4 Å². The van der Waals surface area contributed by atoms with E-state index in [1.54, 1.807) is 0 Å². The van der Waals surface area contributed by atoms with Crippen LogP contribution in [-0.2, 0) is 0 Å². The summed E-state index contributed by atoms with van der Waals surface area (Å²) >= 11 is 0. The lowest BCUT2D eigenvalue weighted by Crippen LogP contribution is -2.37. The van der Waals surface area contributed by atoms with E-state index in [0.29, 0.717) is 12.5 Å². The highest BCUT2D eigenvalue weighted by atomic mass is 19.1. The molecular formula is C7H14FN. The van der Waals surface area contributed by atoms with Crippen LogP contribution in [0.25, 0.3) is 0 Å². The van der Waals surface area contributed by atoms with Gasteiger partial charge in [-0.2, -0.15) is 0 Å². The fraction of sp³-hybridized carbons (Fsp3) is 1.00. The second-order valence-electron chi connectivity index (χ2n) is 2.68. The molecule has 0 aromatic rings. The first kappa shape index (κ1) is 7.00. The molecule has 1 rings (SSSR count). The van der Waals surface area contributed by atoms with Crippen molar-refractivity contribution in [3.63, 3.8) is 0 Å². The molecule has 0 bridgehead atoms. The van der Waals surface area contributed by atoms with Gasteiger partial charge >= 0.3 is 0 Å². The van der Waals surface area contributed by atoms with E-state index in [-0.39, 0.29) is 0 Å². The van der Waals surface area contributed by atoms with Crippen molar-refractivity contribution >= 4 is 0 Å². The number of piperidine rings is 1. The van der Waals surface area contributed by atoms with Gasteiger partial charge in [-0.05, 0) is 18.9 Å². The lowest BCUT2D eigenvalue weighted by Gasteiger charge is -2.25. The van der Waals surface area contributed by atoms with Gasteiger partial charge in [0.15, 0.2) is 0 Å². The first-order valence-electron chi connectivity index (χ1n) is 3.69. The Morgan fingerprint density at radius 1 is 1.67 bits per heavy atom. The summed E-state index contributed by atoms with van der Waals surface area (Å²) in [5.41, 5.74) is 0. The first-order valence-corrected chi connectivity index (χ1v) is 3.69. The third-order valence-electron chi connectivity index (χ3n) is 2.07. The zero-order valence-electron chi connectivity index (χ0n) is 5.86. The third kappa shape index (κ3) is 1.65. The second-order valence-corrected chi connectivity index (χ2v) is 2.68. The Morgan fingerprint density at radius 3 is 2.89 bits per heavy atom. The Hall–Kier alpha value is -0.110. The lowest BCUT2D eigenvalue weighted by atomic mass is 9.94. The minimum atomic E-state index is -0.594. The minimum Gasteiger partial charge on any atom is -0.314 e. The monoisotopic (exact) mass is 131 g/mol. The number of rotatable bonds is 1. The summed E-state index contributed by atoms with van der Waals surface area (Å²) < 4.78 is 12.8. The normalized spacial score (nSPS) is 36.7. The molecule has 1 nitrogen and oxygen atoms in total. The van der Waals surface area contributed by atoms with Crippen LogP contribution < -0.4 is 5.32 Å². The molecule has 0 spiro atoms. The van der Waals surface area contributed by atoms with Crippen LogP contribution in [-0.4, -0.2) is 19.3 Å². The summed E-state index contributed by atoms with van der Waals surface area (Å²) in [6.45, 7) is 3.62. The molecule has 1 aliphatic rings. The quantitative estimate of drug-likeness (QED) is 0.566. The molecule has 0 aliphatic carbocycles. The van der Waals surface area contributed by atoms with Gasteiger partial charge in [0, 0.05) is 6.54 Å². The van der Waals surface area contributed by atoms with E-state index in [4.69, 9.17) is 0 Å². The SMILES string of the molecule is CC[C@@H]1CCNC[C@@H]1F. The van der Waals surface area contributed by atoms with Crippen LogP contribution in [0.3, 0.4) is 0 Å². The molecule has 9 heavy (non-hydrogen) atoms. The molecule has 2 atom stereocenters. The maximum absolute atomic E-state index is 12.8. The topological polar surface area (TPSA) is 12.0 Å². The zero-order valence-corrected chi connectivity index (χ0v) is 5.86. The fourth-order valence-electron chi connectivity index (χ4n) is 1.33. The molecular weight excluding hydrogens is 117 g/mol. The summed E-state index contributed by atoms with van der Waals surface area (Å²) in [6, 6.07) is 0. The van der Waals surface area contributed by atoms with Gasteiger partial charge in [-0.15, -0.1) is 0 Å². The summed E-state index contributed by atoms with van der Waals surface area (Å²) in [5, 5.41) is 3.02. The molecule has 1 N–H and O–H groups in total. The minimum absolute atomic E-state index is 0.325. The van der Waals surface area contributed by atoms with Crippen molar-refractivity contribution in [2.75, 3.05) is 13.1 Å². The Labute approximate surface area is 55.6 Å². The van der Waals surface area contributed by atoms with Gasteiger partial charge in [-0.25, -0.2) is 4.39 Å². The molecule has 1 aliphatic heterocycles. The molecule has 2 heteroatoms. The van der Waals surface area contributed by atoms with Gasteiger partial charge in [-0.3, -0.25) is 0 Å². The Balaban J connectivity index is 2.30. The molecule has 0 saturated carbocycles. The second kappa shape index (κ2) is 3.16. The Morgan fingerprint density at radius 2 is 2.44 bits per heavy atom. The highest BCUT2D eigenvalue weighted by molar-refractivity contribution is 4.75. The maximum Gasteiger partial charge on any atom is 0.115 e. The number of nitrogens with one attached hydrogen (secondary N) is 1. The number of halogens is 1. The van der Waals surface area contributed by atoms with E-state index < -0.39 is 6.17 Å². The van der Waals surface area contributed by atoms with Gasteiger partial charge in [0.25, 0.3) is 0 Å². The van der Waals surface area contributed by atoms with Crippen molar-refractivity contribution < 1.29 is 4.39 Å². The molecule has 1 saturated heterocycles. The summed E-state index contributed by atoms with van der Waals surface area (Å²) in [5.74, 6) is 0.325. The maximum atomic E-state index is 12.8. The van der Waals surface area contributed by atoms with Gasteiger partial charge in [0.1, 0.15) is 6.17 Å². The fourth-order valence-corrected chi connectivity index (χ4v) is 1.33. The van der Waals surface area contributed by atoms with Crippen molar-refractivity contribution in [3.05, 3.63) is 0 Å². The van der Waals surface area contributed by atoms with Crippen molar-refractivity contribution in [1.82, 2.24) is 5.32 Å². The van der Waals surface area contributed by atoms with Crippen LogP contribution in [0.1, 0.15) is 19.8 Å². The molecule has 0 amide bonds. The van der Waals surface area contributed by atoms with Crippen molar-refractivity contribution in [3.8, 4) is 0 Å². The molecule has 54 valence electrons. The average Bonchev–Trinajstić information content (AvgIpc) is 1.89. The van der Waals surface area contributed by atoms with E-state index in [1.807, 2.05) is 0 Å². The van der Waals surface area contributed by atoms with Crippen molar-refractivity contribution in [2.24, 2.45) is 5.92 Å². The van der Waals surface area contributed by atoms with Gasteiger partial charge in [0.2, 0.25) is 0 Å². The highest BCUT2D eigenvalue weighted by Gasteiger charge is 2.21. The van der Waals surface area contributed by atoms with Crippen LogP contribution in [0.2, 0.25) is 0 Å². The van der Waals surface area contributed by atoms with E-state index in [2.05, 4.69) is 12.2 Å². The lowest BCUT2D eigenvalue weighted by molar-refractivity contribution is 0.176. The first-order chi connectivity index (χ1) is 4.34. The predicted octanol–water partition coefficient (Wildman–Crippen LogP) is 1.34. The average molecular weight is 131 g/mol. The van der Waals surface area contributed by atoms with Crippen LogP contribution in [0.15, 0.2) is 0 Å². The summed E-state index contributed by atoms with van der Waals surface area (Å²) in [4.78, 5) is 0. The van der Waals surface area contributed by atoms with Crippen LogP contribution in [0, 0.1) is 5.92 Å². The van der Waals surface area contributed by atoms with Gasteiger partial charge < -0.3 is 5.32 Å². The third-order valence-corrected chi connectivity index (χ3v) is 2.07. The molecule has 0 aromatic heterocycles. The van der Waals surface area contributed by atoms with Gasteiger partial charge in [-0.1, -0.05) is 13.3 Å². The largest absolute Gasteiger partial charge is 0.314 e. The summed E-state index contributed by atoms with van der Waals surface area (Å²) in [7, 11) is 0. The highest BCUT2D eigenvalue weighted by Crippen LogP contribution is 2.18. The van der Waals surface area contributed by atoms with E-state index >= 15 is 0 Å². The van der Waals surface area contributed by atoms with E-state index in [9.17, 15) is 4.39 Å². The van der Waals surface area contributed by atoms with Crippen LogP contribution in [0.5, 0.6) is 0 Å². The number of hydrogen-bond acceptors (Lipinski definition) is 1. The summed E-state index contributed by atoms with van der Waals surface area (Å²) in [6.07, 6.45) is 1.41. The van der Waals surface area contributed by atoms with Crippen molar-refractivity contribution in [1.29, 1.82) is 0 Å². The Bertz CT molecular complexity index is 85.0. The predicted molar refractivity (Wildman–Crippen MR) is 36.2 cm³/mol. The molecule has 0 radical (unpaired) electrons. The molecule has 0 unspecified atom stereocenters. The Kier molecular flexibility index (Phi) is 2.46. The standard InChI is InChI=1S/C7H14FN/c1-2-6-3-4-9-5-7(6)8/h6-7,9H,2-5H2,1H3/t6-,7+/m1/s1. The van der Waals surface area contributed by atoms with Gasteiger partial charge in [0.05, 0.1) is 0 Å². The number of hydrogen-bond donors (Lipinski definition) is 1. The van der Waals surface area contributed by atoms with Crippen molar-refractivity contribution in [2.45, 2.75) is 25.9 Å². The van der Waals surface area contributed by atoms with Crippen LogP contribution in [0.4, 0.5) is 4.39 Å². The molecule has 1 fully saturated rings. The smallest absolute Gasteiger partial charge is 0.115 e. The van der Waals surface area contributed by atoms with Crippen LogP contribution >= 0.6 is 0 Å². The molecule has 1 heterocycles.